The van der Waals surface area contributed by atoms with E-state index in [2.05, 4.69) is 20.7 Å². The number of halogens is 1. The van der Waals surface area contributed by atoms with Crippen molar-refractivity contribution in [2.45, 2.75) is 5.75 Å². The van der Waals surface area contributed by atoms with Crippen LogP contribution in [0.5, 0.6) is 0 Å². The smallest absolute Gasteiger partial charge is 0.335 e. The molecule has 0 spiro atoms. The summed E-state index contributed by atoms with van der Waals surface area (Å²) in [6.07, 6.45) is 0. The standard InChI is InChI=1S/C14H12BrNO4S/c15-12-2-1-3-13(8-12)16-21(19,20)9-10-4-6-11(7-5-10)14(17)18/h1-8,16H,9H2,(H,17,18). The highest BCUT2D eigenvalue weighted by Gasteiger charge is 2.12. The molecule has 7 heteroatoms. The molecule has 0 heterocycles. The highest BCUT2D eigenvalue weighted by Crippen LogP contribution is 2.18. The SMILES string of the molecule is O=C(O)c1ccc(CS(=O)(=O)Nc2cccc(Br)c2)cc1. The van der Waals surface area contributed by atoms with Crippen molar-refractivity contribution in [2.24, 2.45) is 0 Å². The number of carboxylic acid groups (broad SMARTS) is 1. The number of sulfonamides is 1. The molecule has 110 valence electrons. The van der Waals surface area contributed by atoms with Crippen LogP contribution >= 0.6 is 15.9 Å². The number of carboxylic acids is 1. The van der Waals surface area contributed by atoms with Crippen molar-refractivity contribution < 1.29 is 18.3 Å². The lowest BCUT2D eigenvalue weighted by Crippen LogP contribution is -2.15. The molecule has 0 aliphatic rings. The van der Waals surface area contributed by atoms with Gasteiger partial charge in [-0.3, -0.25) is 4.72 Å². The van der Waals surface area contributed by atoms with Crippen LogP contribution < -0.4 is 4.72 Å². The summed E-state index contributed by atoms with van der Waals surface area (Å²) in [6.45, 7) is 0. The van der Waals surface area contributed by atoms with Crippen molar-refractivity contribution in [2.75, 3.05) is 4.72 Å². The molecule has 0 saturated heterocycles. The molecule has 0 radical (unpaired) electrons. The van der Waals surface area contributed by atoms with Crippen molar-refractivity contribution >= 4 is 37.6 Å². The summed E-state index contributed by atoms with van der Waals surface area (Å²) in [7, 11) is -3.56. The van der Waals surface area contributed by atoms with E-state index < -0.39 is 16.0 Å². The van der Waals surface area contributed by atoms with Crippen LogP contribution in [0.25, 0.3) is 0 Å². The van der Waals surface area contributed by atoms with Crippen molar-refractivity contribution in [3.8, 4) is 0 Å². The number of hydrogen-bond acceptors (Lipinski definition) is 3. The summed E-state index contributed by atoms with van der Waals surface area (Å²) >= 11 is 3.27. The third-order valence-electron chi connectivity index (χ3n) is 2.66. The van der Waals surface area contributed by atoms with E-state index in [0.29, 0.717) is 11.3 Å². The first-order chi connectivity index (χ1) is 9.85. The minimum Gasteiger partial charge on any atom is -0.478 e. The van der Waals surface area contributed by atoms with E-state index in [1.165, 1.54) is 24.3 Å². The highest BCUT2D eigenvalue weighted by molar-refractivity contribution is 9.10. The van der Waals surface area contributed by atoms with E-state index in [1.54, 1.807) is 24.3 Å². The second-order valence-electron chi connectivity index (χ2n) is 4.37. The Morgan fingerprint density at radius 3 is 2.38 bits per heavy atom. The molecule has 0 fully saturated rings. The Hall–Kier alpha value is -1.86. The van der Waals surface area contributed by atoms with Gasteiger partial charge in [-0.25, -0.2) is 13.2 Å². The van der Waals surface area contributed by atoms with Crippen LogP contribution in [-0.2, 0) is 15.8 Å². The molecule has 0 unspecified atom stereocenters. The van der Waals surface area contributed by atoms with Gasteiger partial charge in [0.1, 0.15) is 0 Å². The van der Waals surface area contributed by atoms with Crippen LogP contribution in [0.4, 0.5) is 5.69 Å². The van der Waals surface area contributed by atoms with Crippen LogP contribution in [0.1, 0.15) is 15.9 Å². The predicted molar refractivity (Wildman–Crippen MR) is 83.8 cm³/mol. The molecular formula is C14H12BrNO4S. The Bertz CT molecular complexity index is 757. The number of hydrogen-bond donors (Lipinski definition) is 2. The number of nitrogens with one attached hydrogen (secondary N) is 1. The van der Waals surface area contributed by atoms with Gasteiger partial charge in [0, 0.05) is 10.2 Å². The summed E-state index contributed by atoms with van der Waals surface area (Å²) in [5.41, 5.74) is 1.10. The zero-order valence-corrected chi connectivity index (χ0v) is 13.2. The lowest BCUT2D eigenvalue weighted by Gasteiger charge is -2.08. The van der Waals surface area contributed by atoms with Gasteiger partial charge >= 0.3 is 5.97 Å². The van der Waals surface area contributed by atoms with Crippen LogP contribution in [0.2, 0.25) is 0 Å². The fraction of sp³-hybridized carbons (Fsp3) is 0.0714. The van der Waals surface area contributed by atoms with E-state index in [0.717, 1.165) is 4.47 Å². The molecule has 0 aliphatic carbocycles. The zero-order chi connectivity index (χ0) is 15.5. The maximum Gasteiger partial charge on any atom is 0.335 e. The third kappa shape index (κ3) is 4.57. The second-order valence-corrected chi connectivity index (χ2v) is 7.01. The monoisotopic (exact) mass is 369 g/mol. The molecule has 0 aliphatic heterocycles. The molecule has 21 heavy (non-hydrogen) atoms. The van der Waals surface area contributed by atoms with E-state index in [4.69, 9.17) is 5.11 Å². The number of anilines is 1. The molecule has 0 bridgehead atoms. The summed E-state index contributed by atoms with van der Waals surface area (Å²) < 4.78 is 27.4. The molecule has 2 aromatic carbocycles. The van der Waals surface area contributed by atoms with Gasteiger partial charge in [0.2, 0.25) is 10.0 Å². The van der Waals surface area contributed by atoms with Gasteiger partial charge in [0.25, 0.3) is 0 Å². The number of carbonyl (C=O) groups is 1. The van der Waals surface area contributed by atoms with Crippen molar-refractivity contribution in [1.29, 1.82) is 0 Å². The first kappa shape index (κ1) is 15.5. The van der Waals surface area contributed by atoms with Crippen molar-refractivity contribution in [3.05, 3.63) is 64.1 Å². The van der Waals surface area contributed by atoms with Crippen LogP contribution in [0.15, 0.2) is 53.0 Å². The minimum atomic E-state index is -3.56. The second kappa shape index (κ2) is 6.28. The highest BCUT2D eigenvalue weighted by atomic mass is 79.9. The fourth-order valence-electron chi connectivity index (χ4n) is 1.73. The average molecular weight is 370 g/mol. The molecule has 2 N–H and O–H groups in total. The molecule has 0 amide bonds. The Morgan fingerprint density at radius 1 is 1.14 bits per heavy atom. The third-order valence-corrected chi connectivity index (χ3v) is 4.41. The molecule has 0 atom stereocenters. The number of rotatable bonds is 5. The van der Waals surface area contributed by atoms with E-state index in [1.807, 2.05) is 0 Å². The predicted octanol–water partition coefficient (Wildman–Crippen LogP) is 3.09. The van der Waals surface area contributed by atoms with Gasteiger partial charge < -0.3 is 5.11 Å². The zero-order valence-electron chi connectivity index (χ0n) is 10.8. The summed E-state index contributed by atoms with van der Waals surface area (Å²) in [6, 6.07) is 12.6. The van der Waals surface area contributed by atoms with Gasteiger partial charge in [-0.05, 0) is 35.9 Å². The van der Waals surface area contributed by atoms with Crippen LogP contribution in [0.3, 0.4) is 0 Å². The summed E-state index contributed by atoms with van der Waals surface area (Å²) in [4.78, 5) is 10.7. The molecule has 0 saturated carbocycles. The Kier molecular flexibility index (Phi) is 4.64. The van der Waals surface area contributed by atoms with Gasteiger partial charge in [-0.15, -0.1) is 0 Å². The fourth-order valence-corrected chi connectivity index (χ4v) is 3.32. The maximum atomic E-state index is 12.1. The van der Waals surface area contributed by atoms with Gasteiger partial charge in [0.15, 0.2) is 0 Å². The first-order valence-electron chi connectivity index (χ1n) is 5.94. The van der Waals surface area contributed by atoms with Gasteiger partial charge in [-0.1, -0.05) is 34.1 Å². The Morgan fingerprint density at radius 2 is 1.81 bits per heavy atom. The maximum absolute atomic E-state index is 12.1. The van der Waals surface area contributed by atoms with Crippen LogP contribution in [0, 0.1) is 0 Å². The molecule has 2 aromatic rings. The average Bonchev–Trinajstić information content (AvgIpc) is 2.38. The molecule has 0 aromatic heterocycles. The lowest BCUT2D eigenvalue weighted by atomic mass is 10.1. The minimum absolute atomic E-state index is 0.121. The van der Waals surface area contributed by atoms with E-state index in [9.17, 15) is 13.2 Å². The van der Waals surface area contributed by atoms with Crippen molar-refractivity contribution in [3.63, 3.8) is 0 Å². The van der Waals surface area contributed by atoms with Crippen LogP contribution in [-0.4, -0.2) is 19.5 Å². The largest absolute Gasteiger partial charge is 0.478 e. The number of benzene rings is 2. The summed E-state index contributed by atoms with van der Waals surface area (Å²) in [5, 5.41) is 8.79. The van der Waals surface area contributed by atoms with E-state index >= 15 is 0 Å². The molecular weight excluding hydrogens is 358 g/mol. The Labute approximate surface area is 130 Å². The quantitative estimate of drug-likeness (QED) is 0.847. The summed E-state index contributed by atoms with van der Waals surface area (Å²) in [5.74, 6) is -1.27. The van der Waals surface area contributed by atoms with Crippen molar-refractivity contribution in [1.82, 2.24) is 0 Å². The normalized spacial score (nSPS) is 11.1. The number of aromatic carboxylic acids is 1. The van der Waals surface area contributed by atoms with E-state index in [-0.39, 0.29) is 11.3 Å². The van der Waals surface area contributed by atoms with Gasteiger partial charge in [-0.2, -0.15) is 0 Å². The molecule has 2 rings (SSSR count). The van der Waals surface area contributed by atoms with Gasteiger partial charge in [0.05, 0.1) is 11.3 Å². The topological polar surface area (TPSA) is 83.5 Å². The Balaban J connectivity index is 2.12. The first-order valence-corrected chi connectivity index (χ1v) is 8.38. The lowest BCUT2D eigenvalue weighted by molar-refractivity contribution is 0.0697. The molecule has 5 nitrogen and oxygen atoms in total.